The molecule has 8 heavy (non-hydrogen) atoms. The van der Waals surface area contributed by atoms with Gasteiger partial charge in [-0.25, -0.2) is 0 Å². The molecule has 0 spiro atoms. The number of ether oxygens (including phenoxy) is 1. The maximum absolute atomic E-state index is 9.00. The molecule has 0 fully saturated rings. The SMILES string of the molecule is CC1=C(O)C(C)(C)O1. The zero-order valence-corrected chi connectivity index (χ0v) is 5.36. The molecule has 0 radical (unpaired) electrons. The Morgan fingerprint density at radius 2 is 2.00 bits per heavy atom. The fourth-order valence-corrected chi connectivity index (χ4v) is 0.857. The van der Waals surface area contributed by atoms with E-state index < -0.39 is 5.60 Å². The first-order valence-electron chi connectivity index (χ1n) is 2.63. The second kappa shape index (κ2) is 1.19. The van der Waals surface area contributed by atoms with E-state index in [4.69, 9.17) is 9.84 Å². The fraction of sp³-hybridized carbons (Fsp3) is 0.667. The molecule has 0 aromatic heterocycles. The number of hydrogen-bond acceptors (Lipinski definition) is 2. The maximum atomic E-state index is 9.00. The highest BCUT2D eigenvalue weighted by molar-refractivity contribution is 5.19. The van der Waals surface area contributed by atoms with Gasteiger partial charge >= 0.3 is 0 Å². The molecule has 0 atom stereocenters. The van der Waals surface area contributed by atoms with Crippen molar-refractivity contribution in [3.63, 3.8) is 0 Å². The van der Waals surface area contributed by atoms with E-state index in [1.165, 1.54) is 0 Å². The van der Waals surface area contributed by atoms with Gasteiger partial charge in [-0.3, -0.25) is 0 Å². The Labute approximate surface area is 48.8 Å². The van der Waals surface area contributed by atoms with Crippen molar-refractivity contribution < 1.29 is 9.84 Å². The van der Waals surface area contributed by atoms with Gasteiger partial charge in [0.25, 0.3) is 0 Å². The van der Waals surface area contributed by atoms with Gasteiger partial charge in [0.05, 0.1) is 0 Å². The van der Waals surface area contributed by atoms with Gasteiger partial charge in [0.15, 0.2) is 11.4 Å². The molecule has 0 unspecified atom stereocenters. The number of rotatable bonds is 0. The van der Waals surface area contributed by atoms with E-state index in [0.29, 0.717) is 11.5 Å². The molecule has 1 rings (SSSR count). The highest BCUT2D eigenvalue weighted by Gasteiger charge is 2.36. The van der Waals surface area contributed by atoms with Gasteiger partial charge in [-0.05, 0) is 20.8 Å². The van der Waals surface area contributed by atoms with Gasteiger partial charge in [-0.2, -0.15) is 0 Å². The second-order valence-corrected chi connectivity index (χ2v) is 2.52. The van der Waals surface area contributed by atoms with Crippen molar-refractivity contribution in [2.75, 3.05) is 0 Å². The summed E-state index contributed by atoms with van der Waals surface area (Å²) in [6.45, 7) is 5.41. The molecule has 1 aliphatic heterocycles. The highest BCUT2D eigenvalue weighted by Crippen LogP contribution is 2.33. The molecule has 0 aliphatic carbocycles. The minimum absolute atomic E-state index is 0.373. The number of allylic oxidation sites excluding steroid dienone is 1. The normalized spacial score (nSPS) is 24.4. The van der Waals surface area contributed by atoms with Crippen LogP contribution < -0.4 is 0 Å². The van der Waals surface area contributed by atoms with Gasteiger partial charge in [0, 0.05) is 0 Å². The summed E-state index contributed by atoms with van der Waals surface area (Å²) >= 11 is 0. The molecule has 1 N–H and O–H groups in total. The van der Waals surface area contributed by atoms with Crippen LogP contribution in [0.5, 0.6) is 0 Å². The van der Waals surface area contributed by atoms with Crippen LogP contribution in [0.25, 0.3) is 0 Å². The lowest BCUT2D eigenvalue weighted by Crippen LogP contribution is -2.36. The molecule has 46 valence electrons. The van der Waals surface area contributed by atoms with Crippen LogP contribution in [0, 0.1) is 0 Å². The summed E-state index contributed by atoms with van der Waals surface area (Å²) in [5, 5.41) is 9.00. The van der Waals surface area contributed by atoms with Crippen LogP contribution in [0.4, 0.5) is 0 Å². The zero-order valence-electron chi connectivity index (χ0n) is 5.36. The standard InChI is InChI=1S/C6H10O2/c1-4-5(7)6(2,3)8-4/h7H,1-3H3. The summed E-state index contributed by atoms with van der Waals surface area (Å²) in [5.74, 6) is 1.02. The molecule has 0 saturated heterocycles. The Morgan fingerprint density at radius 3 is 2.00 bits per heavy atom. The molecular weight excluding hydrogens is 104 g/mol. The summed E-state index contributed by atoms with van der Waals surface area (Å²) in [6, 6.07) is 0. The van der Waals surface area contributed by atoms with E-state index in [1.807, 2.05) is 13.8 Å². The van der Waals surface area contributed by atoms with Gasteiger partial charge in [-0.1, -0.05) is 0 Å². The van der Waals surface area contributed by atoms with Crippen LogP contribution in [0.2, 0.25) is 0 Å². The molecule has 1 aliphatic rings. The largest absolute Gasteiger partial charge is 0.505 e. The van der Waals surface area contributed by atoms with Crippen LogP contribution >= 0.6 is 0 Å². The van der Waals surface area contributed by atoms with Crippen LogP contribution in [-0.2, 0) is 4.74 Å². The summed E-state index contributed by atoms with van der Waals surface area (Å²) in [7, 11) is 0. The molecule has 0 amide bonds. The van der Waals surface area contributed by atoms with Crippen molar-refractivity contribution in [1.82, 2.24) is 0 Å². The topological polar surface area (TPSA) is 29.5 Å². The van der Waals surface area contributed by atoms with E-state index in [2.05, 4.69) is 0 Å². The second-order valence-electron chi connectivity index (χ2n) is 2.52. The van der Waals surface area contributed by atoms with E-state index >= 15 is 0 Å². The van der Waals surface area contributed by atoms with E-state index in [-0.39, 0.29) is 0 Å². The third-order valence-corrected chi connectivity index (χ3v) is 1.31. The Hall–Kier alpha value is -0.660. The summed E-state index contributed by atoms with van der Waals surface area (Å²) in [5.41, 5.74) is -0.413. The van der Waals surface area contributed by atoms with Crippen LogP contribution in [0.1, 0.15) is 20.8 Å². The lowest BCUT2D eigenvalue weighted by Gasteiger charge is -2.35. The van der Waals surface area contributed by atoms with Crippen LogP contribution in [0.3, 0.4) is 0 Å². The minimum Gasteiger partial charge on any atom is -0.505 e. The maximum Gasteiger partial charge on any atom is 0.173 e. The average Bonchev–Trinajstić information content (AvgIpc) is 1.65. The first-order chi connectivity index (χ1) is 3.54. The lowest BCUT2D eigenvalue weighted by atomic mass is 10.0. The third kappa shape index (κ3) is 0.489. The molecule has 0 aromatic rings. The van der Waals surface area contributed by atoms with Crippen molar-refractivity contribution in [3.8, 4) is 0 Å². The Kier molecular flexibility index (Phi) is 0.813. The molecule has 2 nitrogen and oxygen atoms in total. The van der Waals surface area contributed by atoms with Crippen molar-refractivity contribution in [1.29, 1.82) is 0 Å². The Balaban J connectivity index is 2.80. The first-order valence-corrected chi connectivity index (χ1v) is 2.63. The van der Waals surface area contributed by atoms with Crippen molar-refractivity contribution in [2.45, 2.75) is 26.4 Å². The highest BCUT2D eigenvalue weighted by atomic mass is 16.5. The summed E-state index contributed by atoms with van der Waals surface area (Å²) < 4.78 is 5.07. The molecule has 0 saturated carbocycles. The number of aliphatic hydroxyl groups excluding tert-OH is 1. The first kappa shape index (κ1) is 5.48. The van der Waals surface area contributed by atoms with Crippen LogP contribution in [0.15, 0.2) is 11.5 Å². The van der Waals surface area contributed by atoms with Crippen molar-refractivity contribution in [3.05, 3.63) is 11.5 Å². The molecule has 0 aromatic carbocycles. The van der Waals surface area contributed by atoms with E-state index in [1.54, 1.807) is 6.92 Å². The smallest absolute Gasteiger partial charge is 0.173 e. The molecule has 0 bridgehead atoms. The summed E-state index contributed by atoms with van der Waals surface area (Å²) in [6.07, 6.45) is 0. The quantitative estimate of drug-likeness (QED) is 0.518. The van der Waals surface area contributed by atoms with Crippen molar-refractivity contribution in [2.24, 2.45) is 0 Å². The Bertz CT molecular complexity index is 145. The number of hydrogen-bond donors (Lipinski definition) is 1. The van der Waals surface area contributed by atoms with Gasteiger partial charge in [-0.15, -0.1) is 0 Å². The monoisotopic (exact) mass is 114 g/mol. The Morgan fingerprint density at radius 1 is 1.50 bits per heavy atom. The van der Waals surface area contributed by atoms with E-state index in [9.17, 15) is 0 Å². The lowest BCUT2D eigenvalue weighted by molar-refractivity contribution is -0.0393. The molecule has 2 heteroatoms. The van der Waals surface area contributed by atoms with Gasteiger partial charge in [0.2, 0.25) is 0 Å². The average molecular weight is 114 g/mol. The predicted octanol–water partition coefficient (Wildman–Crippen LogP) is 1.58. The molecule has 1 heterocycles. The summed E-state index contributed by atoms with van der Waals surface area (Å²) in [4.78, 5) is 0. The van der Waals surface area contributed by atoms with Gasteiger partial charge in [0.1, 0.15) is 5.76 Å². The third-order valence-electron chi connectivity index (χ3n) is 1.31. The van der Waals surface area contributed by atoms with Gasteiger partial charge < -0.3 is 9.84 Å². The minimum atomic E-state index is -0.413. The van der Waals surface area contributed by atoms with E-state index in [0.717, 1.165) is 0 Å². The number of aliphatic hydroxyl groups is 1. The molecular formula is C6H10O2. The van der Waals surface area contributed by atoms with Crippen LogP contribution in [-0.4, -0.2) is 10.7 Å². The van der Waals surface area contributed by atoms with Crippen molar-refractivity contribution >= 4 is 0 Å². The zero-order chi connectivity index (χ0) is 6.36. The fourth-order valence-electron chi connectivity index (χ4n) is 0.857. The predicted molar refractivity (Wildman–Crippen MR) is 30.5 cm³/mol.